The van der Waals surface area contributed by atoms with Gasteiger partial charge in [0.05, 0.1) is 10.7 Å². The highest BCUT2D eigenvalue weighted by molar-refractivity contribution is 6.32. The summed E-state index contributed by atoms with van der Waals surface area (Å²) in [5.74, 6) is 1.86. The van der Waals surface area contributed by atoms with Crippen molar-refractivity contribution in [1.82, 2.24) is 4.98 Å². The third-order valence-electron chi connectivity index (χ3n) is 3.57. The van der Waals surface area contributed by atoms with Crippen LogP contribution in [0.2, 0.25) is 5.02 Å². The molecule has 2 aliphatic rings. The van der Waals surface area contributed by atoms with Crippen LogP contribution in [-0.2, 0) is 0 Å². The van der Waals surface area contributed by atoms with Gasteiger partial charge < -0.3 is 10.6 Å². The van der Waals surface area contributed by atoms with E-state index in [0.717, 1.165) is 18.3 Å². The molecular weight excluding hydrogens is 210 g/mol. The molecule has 1 saturated carbocycles. The molecule has 1 aromatic heterocycles. The molecular formula is C11H14ClN3. The zero-order valence-corrected chi connectivity index (χ0v) is 9.24. The number of fused-ring (bicyclic) bond motifs is 2. The van der Waals surface area contributed by atoms with Crippen LogP contribution in [0.15, 0.2) is 12.3 Å². The average Bonchev–Trinajstić information content (AvgIpc) is 2.83. The van der Waals surface area contributed by atoms with Crippen LogP contribution in [-0.4, -0.2) is 17.6 Å². The molecule has 2 unspecified atom stereocenters. The van der Waals surface area contributed by atoms with Crippen LogP contribution in [0.4, 0.5) is 11.5 Å². The van der Waals surface area contributed by atoms with Crippen molar-refractivity contribution in [3.05, 3.63) is 17.3 Å². The third-order valence-corrected chi connectivity index (χ3v) is 3.89. The van der Waals surface area contributed by atoms with Crippen LogP contribution >= 0.6 is 11.6 Å². The summed E-state index contributed by atoms with van der Waals surface area (Å²) in [5, 5.41) is 0.545. The Morgan fingerprint density at radius 3 is 2.93 bits per heavy atom. The number of hydrogen-bond acceptors (Lipinski definition) is 3. The maximum Gasteiger partial charge on any atom is 0.130 e. The van der Waals surface area contributed by atoms with Crippen LogP contribution in [0.25, 0.3) is 0 Å². The molecule has 0 amide bonds. The van der Waals surface area contributed by atoms with Crippen molar-refractivity contribution < 1.29 is 0 Å². The highest BCUT2D eigenvalue weighted by atomic mass is 35.5. The normalized spacial score (nSPS) is 28.7. The predicted molar refractivity (Wildman–Crippen MR) is 62.1 cm³/mol. The number of nitrogens with two attached hydrogens (primary N) is 1. The van der Waals surface area contributed by atoms with E-state index in [1.807, 2.05) is 6.07 Å². The number of piperidine rings is 1. The lowest BCUT2D eigenvalue weighted by molar-refractivity contribution is 0.550. The number of rotatable bonds is 1. The summed E-state index contributed by atoms with van der Waals surface area (Å²) in [6.45, 7) is 1.14. The summed E-state index contributed by atoms with van der Waals surface area (Å²) < 4.78 is 0. The second kappa shape index (κ2) is 3.27. The lowest BCUT2D eigenvalue weighted by Crippen LogP contribution is -2.32. The van der Waals surface area contributed by atoms with E-state index in [2.05, 4.69) is 9.88 Å². The second-order valence-corrected chi connectivity index (χ2v) is 4.96. The zero-order valence-electron chi connectivity index (χ0n) is 8.49. The summed E-state index contributed by atoms with van der Waals surface area (Å²) in [6.07, 6.45) is 5.65. The number of halogens is 1. The first-order valence-electron chi connectivity index (χ1n) is 5.41. The van der Waals surface area contributed by atoms with Crippen molar-refractivity contribution in [2.45, 2.75) is 25.3 Å². The summed E-state index contributed by atoms with van der Waals surface area (Å²) in [4.78, 5) is 6.73. The molecule has 0 radical (unpaired) electrons. The van der Waals surface area contributed by atoms with Gasteiger partial charge in [-0.25, -0.2) is 4.98 Å². The number of hydrogen-bond donors (Lipinski definition) is 1. The maximum atomic E-state index is 5.86. The van der Waals surface area contributed by atoms with E-state index in [1.165, 1.54) is 19.3 Å². The summed E-state index contributed by atoms with van der Waals surface area (Å²) in [7, 11) is 0. The van der Waals surface area contributed by atoms with Crippen LogP contribution in [0, 0.1) is 5.92 Å². The third kappa shape index (κ3) is 1.46. The van der Waals surface area contributed by atoms with Crippen molar-refractivity contribution in [1.29, 1.82) is 0 Å². The van der Waals surface area contributed by atoms with Gasteiger partial charge in [-0.15, -0.1) is 0 Å². The van der Waals surface area contributed by atoms with Gasteiger partial charge in [0.15, 0.2) is 0 Å². The van der Waals surface area contributed by atoms with E-state index >= 15 is 0 Å². The molecule has 0 spiro atoms. The number of nitrogen functional groups attached to an aromatic ring is 1. The maximum absolute atomic E-state index is 5.86. The van der Waals surface area contributed by atoms with Gasteiger partial charge in [0, 0.05) is 24.8 Å². The monoisotopic (exact) mass is 223 g/mol. The molecule has 15 heavy (non-hydrogen) atoms. The smallest absolute Gasteiger partial charge is 0.130 e. The van der Waals surface area contributed by atoms with E-state index in [1.54, 1.807) is 6.20 Å². The van der Waals surface area contributed by atoms with Crippen LogP contribution in [0.5, 0.6) is 0 Å². The fraction of sp³-hybridized carbons (Fsp3) is 0.545. The summed E-state index contributed by atoms with van der Waals surface area (Å²) in [6, 6.07) is 2.58. The lowest BCUT2D eigenvalue weighted by atomic mass is 10.1. The minimum atomic E-state index is 0.545. The molecule has 2 bridgehead atoms. The van der Waals surface area contributed by atoms with Crippen LogP contribution < -0.4 is 10.6 Å². The Labute approximate surface area is 94.2 Å². The summed E-state index contributed by atoms with van der Waals surface area (Å²) in [5.41, 5.74) is 6.42. The molecule has 3 rings (SSSR count). The molecule has 4 heteroatoms. The van der Waals surface area contributed by atoms with Gasteiger partial charge in [0.25, 0.3) is 0 Å². The number of pyridine rings is 1. The van der Waals surface area contributed by atoms with E-state index < -0.39 is 0 Å². The summed E-state index contributed by atoms with van der Waals surface area (Å²) >= 11 is 5.86. The number of nitrogens with zero attached hydrogens (tertiary/aromatic N) is 2. The molecule has 2 N–H and O–H groups in total. The van der Waals surface area contributed by atoms with Crippen LogP contribution in [0.1, 0.15) is 19.3 Å². The first-order valence-corrected chi connectivity index (χ1v) is 5.79. The first kappa shape index (κ1) is 9.28. The van der Waals surface area contributed by atoms with Gasteiger partial charge >= 0.3 is 0 Å². The van der Waals surface area contributed by atoms with Gasteiger partial charge in [-0.05, 0) is 25.2 Å². The SMILES string of the molecule is Nc1cc(N2CC3CCC2C3)ncc1Cl. The Bertz CT molecular complexity index is 393. The highest BCUT2D eigenvalue weighted by Crippen LogP contribution is 2.40. The molecule has 2 atom stereocenters. The first-order chi connectivity index (χ1) is 7.24. The minimum absolute atomic E-state index is 0.545. The molecule has 3 nitrogen and oxygen atoms in total. The second-order valence-electron chi connectivity index (χ2n) is 4.55. The topological polar surface area (TPSA) is 42.1 Å². The van der Waals surface area contributed by atoms with Crippen molar-refractivity contribution in [2.24, 2.45) is 5.92 Å². The number of anilines is 2. The molecule has 80 valence electrons. The molecule has 1 aromatic rings. The fourth-order valence-electron chi connectivity index (χ4n) is 2.81. The average molecular weight is 224 g/mol. The molecule has 1 aliphatic carbocycles. The van der Waals surface area contributed by atoms with E-state index in [0.29, 0.717) is 16.8 Å². The Morgan fingerprint density at radius 2 is 2.33 bits per heavy atom. The van der Waals surface area contributed by atoms with Crippen molar-refractivity contribution in [2.75, 3.05) is 17.2 Å². The minimum Gasteiger partial charge on any atom is -0.397 e. The van der Waals surface area contributed by atoms with E-state index in [9.17, 15) is 0 Å². The Balaban J connectivity index is 1.90. The molecule has 1 aliphatic heterocycles. The van der Waals surface area contributed by atoms with Crippen LogP contribution in [0.3, 0.4) is 0 Å². The standard InChI is InChI=1S/C11H14ClN3/c12-9-5-14-11(4-10(9)13)15-6-7-1-2-8(15)3-7/h4-5,7-8H,1-3,6H2,(H2,13,14). The van der Waals surface area contributed by atoms with Crippen molar-refractivity contribution in [3.8, 4) is 0 Å². The quantitative estimate of drug-likeness (QED) is 0.795. The highest BCUT2D eigenvalue weighted by Gasteiger charge is 2.38. The number of aromatic nitrogens is 1. The largest absolute Gasteiger partial charge is 0.397 e. The zero-order chi connectivity index (χ0) is 10.4. The Morgan fingerprint density at radius 1 is 1.47 bits per heavy atom. The molecule has 2 fully saturated rings. The van der Waals surface area contributed by atoms with Gasteiger partial charge in [-0.2, -0.15) is 0 Å². The molecule has 1 saturated heterocycles. The van der Waals surface area contributed by atoms with Gasteiger partial charge in [0.2, 0.25) is 0 Å². The molecule has 2 heterocycles. The lowest BCUT2D eigenvalue weighted by Gasteiger charge is -2.28. The predicted octanol–water partition coefficient (Wildman–Crippen LogP) is 2.31. The van der Waals surface area contributed by atoms with Gasteiger partial charge in [-0.1, -0.05) is 11.6 Å². The molecule has 0 aromatic carbocycles. The van der Waals surface area contributed by atoms with Crippen molar-refractivity contribution in [3.63, 3.8) is 0 Å². The van der Waals surface area contributed by atoms with Gasteiger partial charge in [-0.3, -0.25) is 0 Å². The van der Waals surface area contributed by atoms with E-state index in [4.69, 9.17) is 17.3 Å². The van der Waals surface area contributed by atoms with Crippen molar-refractivity contribution >= 4 is 23.1 Å². The van der Waals surface area contributed by atoms with Gasteiger partial charge in [0.1, 0.15) is 5.82 Å². The fourth-order valence-corrected chi connectivity index (χ4v) is 2.91. The Hall–Kier alpha value is -0.960. The Kier molecular flexibility index (Phi) is 2.02. The van der Waals surface area contributed by atoms with E-state index in [-0.39, 0.29) is 0 Å².